The molecule has 4 unspecified atom stereocenters. The summed E-state index contributed by atoms with van der Waals surface area (Å²) in [5.74, 6) is -0.972. The van der Waals surface area contributed by atoms with Gasteiger partial charge in [0.1, 0.15) is 11.9 Å². The maximum Gasteiger partial charge on any atom is 0.405 e. The Morgan fingerprint density at radius 3 is 2.63 bits per heavy atom. The molecule has 1 aromatic rings. The number of carboxylic acid groups (broad SMARTS) is 1. The summed E-state index contributed by atoms with van der Waals surface area (Å²) < 4.78 is 47.4. The first-order valence-electron chi connectivity index (χ1n) is 15.8. The summed E-state index contributed by atoms with van der Waals surface area (Å²) in [7, 11) is -3.27. The van der Waals surface area contributed by atoms with Gasteiger partial charge in [0.25, 0.3) is 0 Å². The Morgan fingerprint density at radius 1 is 1.14 bits per heavy atom. The van der Waals surface area contributed by atoms with Crippen molar-refractivity contribution in [2.24, 2.45) is 11.8 Å². The Balaban J connectivity index is 1.31. The van der Waals surface area contributed by atoms with Crippen molar-refractivity contribution in [2.45, 2.75) is 107 Å². The summed E-state index contributed by atoms with van der Waals surface area (Å²) in [4.78, 5) is 26.0. The maximum atomic E-state index is 14.0. The molecule has 1 saturated carbocycles. The number of fused-ring (bicyclic) bond motifs is 2. The van der Waals surface area contributed by atoms with Crippen LogP contribution in [0.5, 0.6) is 0 Å². The van der Waals surface area contributed by atoms with E-state index in [1.54, 1.807) is 16.4 Å². The van der Waals surface area contributed by atoms with Crippen LogP contribution in [0.2, 0.25) is 0 Å². The molecule has 0 spiro atoms. The average Bonchev–Trinajstić information content (AvgIpc) is 3.34. The van der Waals surface area contributed by atoms with Gasteiger partial charge in [0.05, 0.1) is 11.4 Å². The zero-order valence-electron chi connectivity index (χ0n) is 25.3. The number of nitrogens with one attached hydrogen (secondary N) is 3. The van der Waals surface area contributed by atoms with Gasteiger partial charge >= 0.3 is 6.09 Å². The predicted molar refractivity (Wildman–Crippen MR) is 161 cm³/mol. The molecule has 43 heavy (non-hydrogen) atoms. The number of sulfonamides is 1. The monoisotopic (exact) mass is 622 g/mol. The fraction of sp³-hybridized carbons (Fsp3) is 0.742. The summed E-state index contributed by atoms with van der Waals surface area (Å²) in [6.45, 7) is 5.63. The summed E-state index contributed by atoms with van der Waals surface area (Å²) in [6, 6.07) is 4.90. The first-order chi connectivity index (χ1) is 20.4. The van der Waals surface area contributed by atoms with Crippen LogP contribution in [0.25, 0.3) is 0 Å². The molecule has 3 aliphatic heterocycles. The minimum absolute atomic E-state index is 0.0608. The number of hydrogen-bond acceptors (Lipinski definition) is 6. The number of rotatable bonds is 9. The van der Waals surface area contributed by atoms with Gasteiger partial charge in [-0.05, 0) is 94.7 Å². The van der Waals surface area contributed by atoms with Crippen LogP contribution < -0.4 is 16.0 Å². The highest BCUT2D eigenvalue weighted by molar-refractivity contribution is 7.89. The number of halogens is 1. The number of piperazine rings is 1. The first kappa shape index (κ1) is 32.1. The van der Waals surface area contributed by atoms with Gasteiger partial charge in [0.2, 0.25) is 15.9 Å². The highest BCUT2D eigenvalue weighted by Gasteiger charge is 2.43. The molecule has 4 N–H and O–H groups in total. The van der Waals surface area contributed by atoms with E-state index < -0.39 is 39.5 Å². The van der Waals surface area contributed by atoms with E-state index in [4.69, 9.17) is 4.74 Å². The van der Waals surface area contributed by atoms with E-state index in [2.05, 4.69) is 16.0 Å². The Labute approximate surface area is 254 Å². The second kappa shape index (κ2) is 13.4. The van der Waals surface area contributed by atoms with Crippen molar-refractivity contribution in [2.75, 3.05) is 25.4 Å². The van der Waals surface area contributed by atoms with Crippen molar-refractivity contribution in [3.05, 3.63) is 35.6 Å². The van der Waals surface area contributed by atoms with E-state index in [1.807, 2.05) is 13.8 Å². The third-order valence-corrected chi connectivity index (χ3v) is 12.0. The molecular weight excluding hydrogens is 575 g/mol. The smallest absolute Gasteiger partial charge is 0.405 e. The predicted octanol–water partition coefficient (Wildman–Crippen LogP) is 3.58. The van der Waals surface area contributed by atoms with Crippen LogP contribution in [-0.4, -0.2) is 85.0 Å². The SMILES string of the molecule is CC1(C)CC(C(c2ccc(F)cc2)C(NC(=O)O)C(=O)N[C@H]2CCC[C@@H]2CC[C@H]2CN[C@@H]3CCCS(=O)(=O)N2C3)CCO1. The van der Waals surface area contributed by atoms with E-state index in [-0.39, 0.29) is 41.6 Å². The molecular formula is C31H47FN4O6S. The van der Waals surface area contributed by atoms with Crippen molar-refractivity contribution in [3.63, 3.8) is 0 Å². The summed E-state index contributed by atoms with van der Waals surface area (Å²) >= 11 is 0. The van der Waals surface area contributed by atoms with Crippen molar-refractivity contribution in [1.29, 1.82) is 0 Å². The molecule has 0 aromatic heterocycles. The van der Waals surface area contributed by atoms with Gasteiger partial charge in [-0.25, -0.2) is 17.6 Å². The Kier molecular flexibility index (Phi) is 9.99. The normalized spacial score (nSPS) is 33.1. The van der Waals surface area contributed by atoms with Gasteiger partial charge in [-0.15, -0.1) is 0 Å². The molecule has 240 valence electrons. The lowest BCUT2D eigenvalue weighted by Gasteiger charge is -2.42. The number of hydrogen-bond donors (Lipinski definition) is 4. The molecule has 3 heterocycles. The number of nitrogens with zero attached hydrogens (tertiary/aromatic N) is 1. The zero-order valence-corrected chi connectivity index (χ0v) is 26.1. The molecule has 1 aromatic carbocycles. The van der Waals surface area contributed by atoms with Crippen LogP contribution in [0.4, 0.5) is 9.18 Å². The molecule has 2 bridgehead atoms. The molecule has 12 heteroatoms. The number of ether oxygens (including phenoxy) is 1. The van der Waals surface area contributed by atoms with Crippen LogP contribution in [0.1, 0.15) is 83.1 Å². The fourth-order valence-corrected chi connectivity index (χ4v) is 9.76. The Hall–Kier alpha value is -2.28. The molecule has 10 nitrogen and oxygen atoms in total. The number of amides is 2. The number of carbonyl (C=O) groups excluding carboxylic acids is 1. The molecule has 0 radical (unpaired) electrons. The Morgan fingerprint density at radius 2 is 1.91 bits per heavy atom. The first-order valence-corrected chi connectivity index (χ1v) is 17.4. The van der Waals surface area contributed by atoms with Crippen molar-refractivity contribution >= 4 is 22.0 Å². The second-order valence-electron chi connectivity index (χ2n) is 13.5. The standard InChI is InChI=1S/C31H47FN4O6S/c1-31(2)17-22(14-15-42-31)27(21-8-11-23(32)12-9-21)28(35-30(38)39)29(37)34-26-7-3-5-20(26)10-13-25-18-33-24-6-4-16-43(40,41)36(25)19-24/h8-9,11-12,20,22,24-28,33,35H,3-7,10,13-19H2,1-2H3,(H,34,37)(H,38,39)/t20-,22?,24-,25+,26+,27?,28?/m1/s1. The topological polar surface area (TPSA) is 137 Å². The summed E-state index contributed by atoms with van der Waals surface area (Å²) in [5.41, 5.74) is 0.277. The highest BCUT2D eigenvalue weighted by atomic mass is 32.2. The fourth-order valence-electron chi connectivity index (χ4n) is 7.95. The lowest BCUT2D eigenvalue weighted by atomic mass is 9.73. The minimum Gasteiger partial charge on any atom is -0.465 e. The lowest BCUT2D eigenvalue weighted by molar-refractivity contribution is -0.126. The largest absolute Gasteiger partial charge is 0.465 e. The summed E-state index contributed by atoms with van der Waals surface area (Å²) in [6.07, 6.45) is 5.67. The zero-order chi connectivity index (χ0) is 30.8. The number of carbonyl (C=O) groups is 2. The van der Waals surface area contributed by atoms with Gasteiger partial charge in [-0.3, -0.25) is 4.79 Å². The number of benzene rings is 1. The Bertz CT molecular complexity index is 1250. The molecule has 2 amide bonds. The van der Waals surface area contributed by atoms with E-state index in [0.717, 1.165) is 32.1 Å². The van der Waals surface area contributed by atoms with Crippen LogP contribution in [0.3, 0.4) is 0 Å². The third-order valence-electron chi connectivity index (χ3n) is 10.0. The molecule has 8 atom stereocenters. The van der Waals surface area contributed by atoms with E-state index >= 15 is 0 Å². The molecule has 1 aliphatic carbocycles. The van der Waals surface area contributed by atoms with Crippen LogP contribution >= 0.6 is 0 Å². The molecule has 5 rings (SSSR count). The third kappa shape index (κ3) is 7.87. The minimum atomic E-state index is -3.27. The van der Waals surface area contributed by atoms with Gasteiger partial charge in [-0.1, -0.05) is 18.6 Å². The van der Waals surface area contributed by atoms with E-state index in [9.17, 15) is 27.5 Å². The highest BCUT2D eigenvalue weighted by Crippen LogP contribution is 2.41. The average molecular weight is 623 g/mol. The van der Waals surface area contributed by atoms with Gasteiger partial charge in [-0.2, -0.15) is 4.31 Å². The van der Waals surface area contributed by atoms with Gasteiger partial charge in [0, 0.05) is 43.7 Å². The summed E-state index contributed by atoms with van der Waals surface area (Å²) in [5, 5.41) is 19.1. The van der Waals surface area contributed by atoms with Gasteiger partial charge in [0.15, 0.2) is 0 Å². The molecule has 3 saturated heterocycles. The van der Waals surface area contributed by atoms with Crippen molar-refractivity contribution < 1.29 is 32.2 Å². The van der Waals surface area contributed by atoms with Crippen LogP contribution in [0, 0.1) is 17.7 Å². The second-order valence-corrected chi connectivity index (χ2v) is 15.6. The molecule has 4 fully saturated rings. The lowest BCUT2D eigenvalue weighted by Crippen LogP contribution is -2.57. The van der Waals surface area contributed by atoms with Gasteiger partial charge < -0.3 is 25.8 Å². The molecule has 4 aliphatic rings. The van der Waals surface area contributed by atoms with Crippen molar-refractivity contribution in [1.82, 2.24) is 20.3 Å². The maximum absolute atomic E-state index is 14.0. The van der Waals surface area contributed by atoms with Crippen LogP contribution in [0.15, 0.2) is 24.3 Å². The van der Waals surface area contributed by atoms with Crippen molar-refractivity contribution in [3.8, 4) is 0 Å². The quantitative estimate of drug-likeness (QED) is 0.331. The van der Waals surface area contributed by atoms with E-state index in [0.29, 0.717) is 50.9 Å². The van der Waals surface area contributed by atoms with Crippen LogP contribution in [-0.2, 0) is 19.6 Å². The van der Waals surface area contributed by atoms with E-state index in [1.165, 1.54) is 12.1 Å².